The van der Waals surface area contributed by atoms with Crippen molar-refractivity contribution in [2.24, 2.45) is 0 Å². The first-order valence-electron chi connectivity index (χ1n) is 5.03. The molecule has 0 amide bonds. The van der Waals surface area contributed by atoms with Gasteiger partial charge in [-0.15, -0.1) is 0 Å². The van der Waals surface area contributed by atoms with Gasteiger partial charge < -0.3 is 4.42 Å². The monoisotopic (exact) mass is 244 g/mol. The number of aryl methyl sites for hydroxylation is 1. The summed E-state index contributed by atoms with van der Waals surface area (Å²) in [6, 6.07) is 10.3. The molecule has 0 saturated heterocycles. The summed E-state index contributed by atoms with van der Waals surface area (Å²) in [4.78, 5) is 11.1. The second-order valence-electron chi connectivity index (χ2n) is 3.53. The van der Waals surface area contributed by atoms with E-state index in [-0.39, 0.29) is 5.63 Å². The van der Waals surface area contributed by atoms with Crippen molar-refractivity contribution in [1.29, 1.82) is 0 Å². The SMILES string of the molecule is Cc1cc(C#Cc2ccc(Cl)cc2)cc(=O)o1. The summed E-state index contributed by atoms with van der Waals surface area (Å²) in [5, 5.41) is 0.673. The maximum absolute atomic E-state index is 11.1. The molecule has 17 heavy (non-hydrogen) atoms. The molecule has 0 saturated carbocycles. The van der Waals surface area contributed by atoms with Crippen molar-refractivity contribution in [1.82, 2.24) is 0 Å². The topological polar surface area (TPSA) is 30.2 Å². The van der Waals surface area contributed by atoms with E-state index >= 15 is 0 Å². The molecule has 2 nitrogen and oxygen atoms in total. The fraction of sp³-hybridized carbons (Fsp3) is 0.0714. The molecule has 2 aromatic rings. The van der Waals surface area contributed by atoms with Crippen LogP contribution in [0.5, 0.6) is 0 Å². The third-order valence-corrected chi connectivity index (χ3v) is 2.34. The lowest BCUT2D eigenvalue weighted by atomic mass is 10.2. The highest BCUT2D eigenvalue weighted by atomic mass is 35.5. The smallest absolute Gasteiger partial charge is 0.337 e. The first-order valence-corrected chi connectivity index (χ1v) is 5.41. The summed E-state index contributed by atoms with van der Waals surface area (Å²) in [6.07, 6.45) is 0. The molecule has 0 radical (unpaired) electrons. The Kier molecular flexibility index (Phi) is 3.32. The van der Waals surface area contributed by atoms with Crippen molar-refractivity contribution < 1.29 is 4.42 Å². The average molecular weight is 245 g/mol. The van der Waals surface area contributed by atoms with Crippen LogP contribution in [0.3, 0.4) is 0 Å². The van der Waals surface area contributed by atoms with E-state index in [9.17, 15) is 4.79 Å². The Morgan fingerprint density at radius 1 is 1.06 bits per heavy atom. The molecule has 0 spiro atoms. The molecule has 1 heterocycles. The zero-order chi connectivity index (χ0) is 12.3. The molecule has 0 aliphatic rings. The third kappa shape index (κ3) is 3.24. The average Bonchev–Trinajstić information content (AvgIpc) is 2.27. The zero-order valence-corrected chi connectivity index (χ0v) is 9.91. The van der Waals surface area contributed by atoms with Crippen molar-refractivity contribution in [3.05, 3.63) is 68.7 Å². The highest BCUT2D eigenvalue weighted by Crippen LogP contribution is 2.08. The molecule has 1 aromatic carbocycles. The van der Waals surface area contributed by atoms with Gasteiger partial charge >= 0.3 is 5.63 Å². The molecule has 0 aliphatic heterocycles. The van der Waals surface area contributed by atoms with Crippen LogP contribution in [0.2, 0.25) is 5.02 Å². The van der Waals surface area contributed by atoms with E-state index in [1.54, 1.807) is 25.1 Å². The van der Waals surface area contributed by atoms with Crippen molar-refractivity contribution in [3.63, 3.8) is 0 Å². The maximum atomic E-state index is 11.1. The van der Waals surface area contributed by atoms with Crippen LogP contribution in [0.1, 0.15) is 16.9 Å². The minimum Gasteiger partial charge on any atom is -0.428 e. The molecular formula is C14H9ClO2. The Morgan fingerprint density at radius 3 is 2.35 bits per heavy atom. The third-order valence-electron chi connectivity index (χ3n) is 2.09. The van der Waals surface area contributed by atoms with Gasteiger partial charge in [-0.2, -0.15) is 0 Å². The number of hydrogen-bond acceptors (Lipinski definition) is 2. The highest BCUT2D eigenvalue weighted by molar-refractivity contribution is 6.30. The van der Waals surface area contributed by atoms with E-state index in [2.05, 4.69) is 11.8 Å². The van der Waals surface area contributed by atoms with Crippen LogP contribution in [0.25, 0.3) is 0 Å². The van der Waals surface area contributed by atoms with Crippen LogP contribution in [0.4, 0.5) is 0 Å². The lowest BCUT2D eigenvalue weighted by molar-refractivity contribution is 0.479. The largest absolute Gasteiger partial charge is 0.428 e. The van der Waals surface area contributed by atoms with E-state index in [0.717, 1.165) is 5.56 Å². The molecule has 0 atom stereocenters. The van der Waals surface area contributed by atoms with E-state index in [1.807, 2.05) is 12.1 Å². The van der Waals surface area contributed by atoms with Crippen LogP contribution < -0.4 is 5.63 Å². The molecule has 1 aromatic heterocycles. The zero-order valence-electron chi connectivity index (χ0n) is 9.16. The minimum atomic E-state index is -0.384. The van der Waals surface area contributed by atoms with E-state index in [1.165, 1.54) is 6.07 Å². The first-order chi connectivity index (χ1) is 8.13. The van der Waals surface area contributed by atoms with Gasteiger partial charge in [-0.1, -0.05) is 23.4 Å². The van der Waals surface area contributed by atoms with Crippen molar-refractivity contribution >= 4 is 11.6 Å². The second-order valence-corrected chi connectivity index (χ2v) is 3.97. The van der Waals surface area contributed by atoms with Gasteiger partial charge in [-0.05, 0) is 37.3 Å². The summed E-state index contributed by atoms with van der Waals surface area (Å²) in [6.45, 7) is 1.72. The summed E-state index contributed by atoms with van der Waals surface area (Å²) >= 11 is 5.77. The van der Waals surface area contributed by atoms with Gasteiger partial charge in [0.15, 0.2) is 0 Å². The number of halogens is 1. The molecule has 0 fully saturated rings. The van der Waals surface area contributed by atoms with Crippen LogP contribution in [0, 0.1) is 18.8 Å². The summed E-state index contributed by atoms with van der Waals surface area (Å²) in [5.74, 6) is 6.42. The number of hydrogen-bond donors (Lipinski definition) is 0. The van der Waals surface area contributed by atoms with Crippen molar-refractivity contribution in [2.45, 2.75) is 6.92 Å². The Morgan fingerprint density at radius 2 is 1.71 bits per heavy atom. The maximum Gasteiger partial charge on any atom is 0.337 e. The predicted molar refractivity (Wildman–Crippen MR) is 67.1 cm³/mol. The van der Waals surface area contributed by atoms with Gasteiger partial charge in [-0.3, -0.25) is 0 Å². The molecule has 3 heteroatoms. The summed E-state index contributed by atoms with van der Waals surface area (Å²) < 4.78 is 4.84. The second kappa shape index (κ2) is 4.90. The highest BCUT2D eigenvalue weighted by Gasteiger charge is 1.94. The normalized spacial score (nSPS) is 9.53. The quantitative estimate of drug-likeness (QED) is 0.667. The van der Waals surface area contributed by atoms with Crippen LogP contribution in [-0.4, -0.2) is 0 Å². The molecule has 2 rings (SSSR count). The molecule has 84 valence electrons. The fourth-order valence-corrected chi connectivity index (χ4v) is 1.48. The standard InChI is InChI=1S/C14H9ClO2/c1-10-8-12(9-14(16)17-10)3-2-11-4-6-13(15)7-5-11/h4-9H,1H3. The minimum absolute atomic E-state index is 0.384. The molecule has 0 N–H and O–H groups in total. The Labute approximate surface area is 104 Å². The van der Waals surface area contributed by atoms with Crippen LogP contribution >= 0.6 is 11.6 Å². The lowest BCUT2D eigenvalue weighted by Crippen LogP contribution is -1.98. The lowest BCUT2D eigenvalue weighted by Gasteiger charge is -1.92. The number of rotatable bonds is 0. The van der Waals surface area contributed by atoms with Gasteiger partial charge in [0.2, 0.25) is 0 Å². The van der Waals surface area contributed by atoms with Gasteiger partial charge in [0.25, 0.3) is 0 Å². The van der Waals surface area contributed by atoms with Gasteiger partial charge in [0, 0.05) is 22.2 Å². The Hall–Kier alpha value is -1.98. The summed E-state index contributed by atoms with van der Waals surface area (Å²) in [7, 11) is 0. The van der Waals surface area contributed by atoms with Crippen molar-refractivity contribution in [2.75, 3.05) is 0 Å². The van der Waals surface area contributed by atoms with Gasteiger partial charge in [-0.25, -0.2) is 4.79 Å². The Bertz CT molecular complexity index is 642. The predicted octanol–water partition coefficient (Wildman–Crippen LogP) is 3.00. The molecule has 0 aliphatic carbocycles. The number of benzene rings is 1. The van der Waals surface area contributed by atoms with E-state index < -0.39 is 0 Å². The fourth-order valence-electron chi connectivity index (χ4n) is 1.35. The van der Waals surface area contributed by atoms with Gasteiger partial charge in [0.05, 0.1) is 0 Å². The molecular weight excluding hydrogens is 236 g/mol. The molecule has 0 unspecified atom stereocenters. The van der Waals surface area contributed by atoms with Gasteiger partial charge in [0.1, 0.15) is 5.76 Å². The van der Waals surface area contributed by atoms with E-state index in [4.69, 9.17) is 16.0 Å². The van der Waals surface area contributed by atoms with Crippen LogP contribution in [0.15, 0.2) is 45.6 Å². The molecule has 0 bridgehead atoms. The Balaban J connectivity index is 2.32. The van der Waals surface area contributed by atoms with E-state index in [0.29, 0.717) is 16.3 Å². The van der Waals surface area contributed by atoms with Crippen LogP contribution in [-0.2, 0) is 0 Å². The van der Waals surface area contributed by atoms with Crippen molar-refractivity contribution in [3.8, 4) is 11.8 Å². The summed E-state index contributed by atoms with van der Waals surface area (Å²) in [5.41, 5.74) is 1.11. The first kappa shape index (κ1) is 11.5.